The number of carbonyl (C=O) groups excluding carboxylic acids is 1. The maximum absolute atomic E-state index is 13.0. The first-order valence-corrected chi connectivity index (χ1v) is 8.94. The van der Waals surface area contributed by atoms with Crippen LogP contribution >= 0.6 is 0 Å². The van der Waals surface area contributed by atoms with E-state index in [2.05, 4.69) is 12.1 Å². The van der Waals surface area contributed by atoms with E-state index >= 15 is 0 Å². The number of allylic oxidation sites excluding steroid dienone is 1. The molecule has 1 aliphatic rings. The van der Waals surface area contributed by atoms with Crippen LogP contribution in [0.3, 0.4) is 0 Å². The summed E-state index contributed by atoms with van der Waals surface area (Å²) < 4.78 is 39.1. The Morgan fingerprint density at radius 1 is 0.923 bits per heavy atom. The average Bonchev–Trinajstić information content (AvgIpc) is 2.66. The molecule has 1 fully saturated rings. The molecule has 2 aromatic carbocycles. The highest BCUT2D eigenvalue weighted by Crippen LogP contribution is 2.33. The van der Waals surface area contributed by atoms with Crippen LogP contribution in [-0.2, 0) is 6.18 Å². The molecule has 26 heavy (non-hydrogen) atoms. The predicted molar refractivity (Wildman–Crippen MR) is 97.1 cm³/mol. The third-order valence-electron chi connectivity index (χ3n) is 4.94. The van der Waals surface area contributed by atoms with Crippen LogP contribution in [0.2, 0.25) is 0 Å². The third-order valence-corrected chi connectivity index (χ3v) is 4.94. The lowest BCUT2D eigenvalue weighted by atomic mass is 9.84. The van der Waals surface area contributed by atoms with Crippen molar-refractivity contribution in [3.63, 3.8) is 0 Å². The van der Waals surface area contributed by atoms with Crippen molar-refractivity contribution in [2.45, 2.75) is 44.2 Å². The highest BCUT2D eigenvalue weighted by molar-refractivity contribution is 6.07. The van der Waals surface area contributed by atoms with Gasteiger partial charge in [-0.3, -0.25) is 4.79 Å². The molecule has 0 atom stereocenters. The first-order chi connectivity index (χ1) is 12.4. The molecular weight excluding hydrogens is 337 g/mol. The van der Waals surface area contributed by atoms with Gasteiger partial charge in [-0.1, -0.05) is 67.8 Å². The van der Waals surface area contributed by atoms with Crippen molar-refractivity contribution in [1.29, 1.82) is 0 Å². The summed E-state index contributed by atoms with van der Waals surface area (Å²) in [5, 5.41) is 0. The Bertz CT molecular complexity index is 782. The van der Waals surface area contributed by atoms with Crippen LogP contribution in [0.25, 0.3) is 6.08 Å². The molecule has 1 nitrogen and oxygen atoms in total. The van der Waals surface area contributed by atoms with Crippen molar-refractivity contribution in [2.75, 3.05) is 0 Å². The maximum Gasteiger partial charge on any atom is 0.417 e. The number of rotatable bonds is 4. The van der Waals surface area contributed by atoms with E-state index in [1.807, 2.05) is 12.1 Å². The highest BCUT2D eigenvalue weighted by Gasteiger charge is 2.34. The van der Waals surface area contributed by atoms with Crippen molar-refractivity contribution in [3.05, 3.63) is 76.9 Å². The lowest BCUT2D eigenvalue weighted by Gasteiger charge is -2.21. The van der Waals surface area contributed by atoms with Crippen LogP contribution in [0, 0.1) is 0 Å². The van der Waals surface area contributed by atoms with Crippen molar-refractivity contribution in [3.8, 4) is 0 Å². The monoisotopic (exact) mass is 358 g/mol. The van der Waals surface area contributed by atoms with Crippen molar-refractivity contribution >= 4 is 11.9 Å². The molecule has 2 aromatic rings. The molecule has 0 amide bonds. The molecule has 4 heteroatoms. The molecule has 0 bridgehead atoms. The van der Waals surface area contributed by atoms with Crippen molar-refractivity contribution < 1.29 is 18.0 Å². The number of halogens is 3. The van der Waals surface area contributed by atoms with Crippen LogP contribution < -0.4 is 0 Å². The molecule has 0 spiro atoms. The van der Waals surface area contributed by atoms with Gasteiger partial charge in [0.2, 0.25) is 0 Å². The topological polar surface area (TPSA) is 17.1 Å². The Labute approximate surface area is 151 Å². The van der Waals surface area contributed by atoms with Gasteiger partial charge >= 0.3 is 6.18 Å². The fourth-order valence-corrected chi connectivity index (χ4v) is 3.52. The molecule has 0 heterocycles. The number of hydrogen-bond acceptors (Lipinski definition) is 1. The highest BCUT2D eigenvalue weighted by atomic mass is 19.4. The molecule has 1 saturated carbocycles. The fourth-order valence-electron chi connectivity index (χ4n) is 3.52. The first-order valence-electron chi connectivity index (χ1n) is 8.94. The Kier molecular flexibility index (Phi) is 5.60. The number of benzene rings is 2. The van der Waals surface area contributed by atoms with Gasteiger partial charge in [0, 0.05) is 5.56 Å². The number of hydrogen-bond donors (Lipinski definition) is 0. The minimum Gasteiger partial charge on any atom is -0.289 e. The summed E-state index contributed by atoms with van der Waals surface area (Å²) in [7, 11) is 0. The minimum atomic E-state index is -4.54. The van der Waals surface area contributed by atoms with E-state index in [0.717, 1.165) is 11.6 Å². The zero-order valence-corrected chi connectivity index (χ0v) is 14.4. The third kappa shape index (κ3) is 4.43. The molecular formula is C22H21F3O. The molecule has 0 aliphatic heterocycles. The van der Waals surface area contributed by atoms with Gasteiger partial charge in [0.1, 0.15) is 0 Å². The van der Waals surface area contributed by atoms with E-state index in [9.17, 15) is 18.0 Å². The van der Waals surface area contributed by atoms with Gasteiger partial charge in [-0.2, -0.15) is 13.2 Å². The molecule has 3 rings (SSSR count). The summed E-state index contributed by atoms with van der Waals surface area (Å²) >= 11 is 0. The van der Waals surface area contributed by atoms with E-state index < -0.39 is 17.5 Å². The lowest BCUT2D eigenvalue weighted by Crippen LogP contribution is -2.11. The molecule has 0 saturated heterocycles. The Hall–Kier alpha value is -2.36. The van der Waals surface area contributed by atoms with Crippen LogP contribution in [0.5, 0.6) is 0 Å². The maximum atomic E-state index is 13.0. The normalized spacial score (nSPS) is 16.1. The summed E-state index contributed by atoms with van der Waals surface area (Å²) in [6.07, 6.45) is 4.49. The predicted octanol–water partition coefficient (Wildman–Crippen LogP) is 6.65. The Morgan fingerprint density at radius 2 is 1.58 bits per heavy atom. The van der Waals surface area contributed by atoms with Gasteiger partial charge in [0.15, 0.2) is 5.78 Å². The molecule has 0 radical (unpaired) electrons. The fraction of sp³-hybridized carbons (Fsp3) is 0.318. The smallest absolute Gasteiger partial charge is 0.289 e. The van der Waals surface area contributed by atoms with E-state index in [1.165, 1.54) is 61.9 Å². The van der Waals surface area contributed by atoms with E-state index in [-0.39, 0.29) is 5.56 Å². The van der Waals surface area contributed by atoms with Gasteiger partial charge < -0.3 is 0 Å². The van der Waals surface area contributed by atoms with Crippen LogP contribution in [0.1, 0.15) is 65.1 Å². The van der Waals surface area contributed by atoms with Crippen molar-refractivity contribution in [1.82, 2.24) is 0 Å². The summed E-state index contributed by atoms with van der Waals surface area (Å²) in [5.74, 6) is -0.0450. The molecule has 0 unspecified atom stereocenters. The molecule has 1 aliphatic carbocycles. The SMILES string of the molecule is O=C(/C=C/c1ccc(C2CCCCC2)cc1)c1ccccc1C(F)(F)F. The molecule has 0 N–H and O–H groups in total. The van der Waals surface area contributed by atoms with Gasteiger partial charge in [0.25, 0.3) is 0 Å². The van der Waals surface area contributed by atoms with Gasteiger partial charge in [0.05, 0.1) is 5.56 Å². The van der Waals surface area contributed by atoms with Crippen LogP contribution in [0.15, 0.2) is 54.6 Å². The minimum absolute atomic E-state index is 0.324. The van der Waals surface area contributed by atoms with Gasteiger partial charge in [-0.25, -0.2) is 0 Å². The zero-order chi connectivity index (χ0) is 18.6. The number of ketones is 1. The molecule has 136 valence electrons. The molecule has 0 aromatic heterocycles. The van der Waals surface area contributed by atoms with E-state index in [4.69, 9.17) is 0 Å². The Morgan fingerprint density at radius 3 is 2.23 bits per heavy atom. The summed E-state index contributed by atoms with van der Waals surface area (Å²) in [6.45, 7) is 0. The van der Waals surface area contributed by atoms with Gasteiger partial charge in [-0.05, 0) is 42.0 Å². The largest absolute Gasteiger partial charge is 0.417 e. The number of alkyl halides is 3. The zero-order valence-electron chi connectivity index (χ0n) is 14.4. The lowest BCUT2D eigenvalue weighted by molar-refractivity contribution is -0.137. The quantitative estimate of drug-likeness (QED) is 0.442. The first kappa shape index (κ1) is 18.4. The van der Waals surface area contributed by atoms with Crippen molar-refractivity contribution in [2.24, 2.45) is 0 Å². The summed E-state index contributed by atoms with van der Waals surface area (Å²) in [5.41, 5.74) is 0.885. The van der Waals surface area contributed by atoms with E-state index in [1.54, 1.807) is 6.08 Å². The van der Waals surface area contributed by atoms with Crippen LogP contribution in [-0.4, -0.2) is 5.78 Å². The second-order valence-corrected chi connectivity index (χ2v) is 6.74. The standard InChI is InChI=1S/C22H21F3O/c23-22(24,25)20-9-5-4-8-19(20)21(26)15-12-16-10-13-18(14-11-16)17-6-2-1-3-7-17/h4-5,8-15,17H,1-3,6-7H2/b15-12+. The van der Waals surface area contributed by atoms with Gasteiger partial charge in [-0.15, -0.1) is 0 Å². The number of carbonyl (C=O) groups is 1. The second kappa shape index (κ2) is 7.90. The Balaban J connectivity index is 1.73. The van der Waals surface area contributed by atoms with Crippen LogP contribution in [0.4, 0.5) is 13.2 Å². The average molecular weight is 358 g/mol. The summed E-state index contributed by atoms with van der Waals surface area (Å²) in [4.78, 5) is 12.2. The van der Waals surface area contributed by atoms with E-state index in [0.29, 0.717) is 5.92 Å². The summed E-state index contributed by atoms with van der Waals surface area (Å²) in [6, 6.07) is 12.8. The second-order valence-electron chi connectivity index (χ2n) is 6.74.